The zero-order valence-electron chi connectivity index (χ0n) is 11.6. The Labute approximate surface area is 125 Å². The van der Waals surface area contributed by atoms with Gasteiger partial charge in [0.25, 0.3) is 0 Å². The molecule has 1 fully saturated rings. The van der Waals surface area contributed by atoms with Gasteiger partial charge in [0.1, 0.15) is 4.90 Å². The summed E-state index contributed by atoms with van der Waals surface area (Å²) in [6.45, 7) is 2.72. The van der Waals surface area contributed by atoms with Gasteiger partial charge < -0.3 is 5.73 Å². The van der Waals surface area contributed by atoms with Crippen molar-refractivity contribution in [1.29, 1.82) is 0 Å². The van der Waals surface area contributed by atoms with Gasteiger partial charge in [0.15, 0.2) is 0 Å². The Hall–Kier alpha value is -0.780. The maximum absolute atomic E-state index is 12.3. The van der Waals surface area contributed by atoms with Crippen molar-refractivity contribution >= 4 is 27.3 Å². The van der Waals surface area contributed by atoms with Crippen molar-refractivity contribution in [1.82, 2.24) is 4.72 Å². The molecule has 6 heteroatoms. The fourth-order valence-corrected chi connectivity index (χ4v) is 4.21. The van der Waals surface area contributed by atoms with E-state index in [4.69, 9.17) is 17.3 Å². The van der Waals surface area contributed by atoms with Crippen LogP contribution in [-0.4, -0.2) is 15.0 Å². The summed E-state index contributed by atoms with van der Waals surface area (Å²) in [5.74, 6) is 1.17. The van der Waals surface area contributed by atoms with E-state index in [1.54, 1.807) is 6.07 Å². The average Bonchev–Trinajstić information content (AvgIpc) is 2.41. The normalized spacial score (nSPS) is 23.7. The monoisotopic (exact) mass is 316 g/mol. The van der Waals surface area contributed by atoms with Crippen molar-refractivity contribution in [2.45, 2.75) is 37.5 Å². The Bertz CT molecular complexity index is 567. The highest BCUT2D eigenvalue weighted by atomic mass is 35.5. The SMILES string of the molecule is CC1CCC(CNS(=O)(=O)c2cc(N)ccc2Cl)CC1. The Morgan fingerprint density at radius 2 is 1.95 bits per heavy atom. The zero-order chi connectivity index (χ0) is 14.8. The van der Waals surface area contributed by atoms with E-state index in [2.05, 4.69) is 11.6 Å². The van der Waals surface area contributed by atoms with Gasteiger partial charge in [0, 0.05) is 12.2 Å². The molecule has 0 radical (unpaired) electrons. The average molecular weight is 317 g/mol. The van der Waals surface area contributed by atoms with Crippen LogP contribution >= 0.6 is 11.6 Å². The number of rotatable bonds is 4. The molecule has 3 N–H and O–H groups in total. The Morgan fingerprint density at radius 1 is 1.30 bits per heavy atom. The standard InChI is InChI=1S/C14H21ClN2O2S/c1-10-2-4-11(5-3-10)9-17-20(18,19)14-8-12(16)6-7-13(14)15/h6-8,10-11,17H,2-5,9,16H2,1H3. The molecule has 2 rings (SSSR count). The predicted octanol–water partition coefficient (Wildman–Crippen LogP) is 3.03. The summed E-state index contributed by atoms with van der Waals surface area (Å²) in [7, 11) is -3.59. The van der Waals surface area contributed by atoms with Crippen molar-refractivity contribution < 1.29 is 8.42 Å². The molecule has 1 aromatic carbocycles. The van der Waals surface area contributed by atoms with E-state index in [1.807, 2.05) is 0 Å². The van der Waals surface area contributed by atoms with Crippen LogP contribution in [0.5, 0.6) is 0 Å². The maximum Gasteiger partial charge on any atom is 0.242 e. The molecular weight excluding hydrogens is 296 g/mol. The van der Waals surface area contributed by atoms with Crippen LogP contribution in [-0.2, 0) is 10.0 Å². The third-order valence-electron chi connectivity index (χ3n) is 3.94. The molecule has 112 valence electrons. The first kappa shape index (κ1) is 15.6. The van der Waals surface area contributed by atoms with Gasteiger partial charge in [-0.2, -0.15) is 0 Å². The number of hydrogen-bond donors (Lipinski definition) is 2. The highest BCUT2D eigenvalue weighted by molar-refractivity contribution is 7.89. The van der Waals surface area contributed by atoms with Crippen LogP contribution in [0.15, 0.2) is 23.1 Å². The molecule has 0 bridgehead atoms. The van der Waals surface area contributed by atoms with Crippen molar-refractivity contribution in [2.24, 2.45) is 11.8 Å². The van der Waals surface area contributed by atoms with Crippen LogP contribution in [0.3, 0.4) is 0 Å². The highest BCUT2D eigenvalue weighted by Gasteiger charge is 2.22. The molecule has 1 saturated carbocycles. The Balaban J connectivity index is 2.02. The number of nitrogens with two attached hydrogens (primary N) is 1. The molecule has 0 heterocycles. The minimum absolute atomic E-state index is 0.0587. The van der Waals surface area contributed by atoms with E-state index in [1.165, 1.54) is 25.0 Å². The first-order valence-electron chi connectivity index (χ1n) is 6.93. The van der Waals surface area contributed by atoms with E-state index in [-0.39, 0.29) is 9.92 Å². The molecule has 1 aliphatic carbocycles. The summed E-state index contributed by atoms with van der Waals surface area (Å²) in [5.41, 5.74) is 6.02. The third-order valence-corrected chi connectivity index (χ3v) is 5.85. The zero-order valence-corrected chi connectivity index (χ0v) is 13.2. The largest absolute Gasteiger partial charge is 0.399 e. The number of hydrogen-bond acceptors (Lipinski definition) is 3. The molecule has 20 heavy (non-hydrogen) atoms. The molecule has 0 aromatic heterocycles. The lowest BCUT2D eigenvalue weighted by atomic mass is 9.83. The Morgan fingerprint density at radius 3 is 2.60 bits per heavy atom. The molecular formula is C14H21ClN2O2S. The van der Waals surface area contributed by atoms with Crippen molar-refractivity contribution in [3.63, 3.8) is 0 Å². The maximum atomic E-state index is 12.3. The summed E-state index contributed by atoms with van der Waals surface area (Å²) in [6.07, 6.45) is 4.50. The number of anilines is 1. The van der Waals surface area contributed by atoms with Gasteiger partial charge >= 0.3 is 0 Å². The van der Waals surface area contributed by atoms with E-state index in [9.17, 15) is 8.42 Å². The van der Waals surface area contributed by atoms with E-state index >= 15 is 0 Å². The summed E-state index contributed by atoms with van der Waals surface area (Å²) >= 11 is 5.95. The highest BCUT2D eigenvalue weighted by Crippen LogP contribution is 2.28. The predicted molar refractivity (Wildman–Crippen MR) is 82.2 cm³/mol. The number of benzene rings is 1. The van der Waals surface area contributed by atoms with Gasteiger partial charge in [-0.15, -0.1) is 0 Å². The molecule has 0 unspecified atom stereocenters. The lowest BCUT2D eigenvalue weighted by molar-refractivity contribution is 0.290. The lowest BCUT2D eigenvalue weighted by Crippen LogP contribution is -2.31. The topological polar surface area (TPSA) is 72.2 Å². The van der Waals surface area contributed by atoms with E-state index < -0.39 is 10.0 Å². The van der Waals surface area contributed by atoms with Crippen LogP contribution in [0.1, 0.15) is 32.6 Å². The first-order valence-corrected chi connectivity index (χ1v) is 8.79. The molecule has 0 atom stereocenters. The van der Waals surface area contributed by atoms with Crippen LogP contribution in [0, 0.1) is 11.8 Å². The second-order valence-electron chi connectivity index (χ2n) is 5.67. The minimum atomic E-state index is -3.59. The summed E-state index contributed by atoms with van der Waals surface area (Å²) in [6, 6.07) is 4.49. The number of nitrogen functional groups attached to an aromatic ring is 1. The third kappa shape index (κ3) is 3.87. The molecule has 4 nitrogen and oxygen atoms in total. The van der Waals surface area contributed by atoms with Gasteiger partial charge in [0.05, 0.1) is 5.02 Å². The van der Waals surface area contributed by atoms with Gasteiger partial charge in [0.2, 0.25) is 10.0 Å². The van der Waals surface area contributed by atoms with Gasteiger partial charge in [-0.3, -0.25) is 0 Å². The summed E-state index contributed by atoms with van der Waals surface area (Å²) in [4.78, 5) is 0.0587. The lowest BCUT2D eigenvalue weighted by Gasteiger charge is -2.26. The molecule has 1 aromatic rings. The number of halogens is 1. The summed E-state index contributed by atoms with van der Waals surface area (Å²) in [5, 5.41) is 0.198. The molecule has 0 spiro atoms. The van der Waals surface area contributed by atoms with Crippen LogP contribution < -0.4 is 10.5 Å². The van der Waals surface area contributed by atoms with Crippen LogP contribution in [0.4, 0.5) is 5.69 Å². The molecule has 0 saturated heterocycles. The van der Waals surface area contributed by atoms with Gasteiger partial charge in [-0.1, -0.05) is 31.4 Å². The second kappa shape index (κ2) is 6.33. The van der Waals surface area contributed by atoms with Gasteiger partial charge in [-0.05, 0) is 42.9 Å². The molecule has 1 aliphatic rings. The first-order chi connectivity index (χ1) is 9.38. The van der Waals surface area contributed by atoms with Gasteiger partial charge in [-0.25, -0.2) is 13.1 Å². The quantitative estimate of drug-likeness (QED) is 0.839. The summed E-state index contributed by atoms with van der Waals surface area (Å²) < 4.78 is 27.2. The fourth-order valence-electron chi connectivity index (χ4n) is 2.56. The fraction of sp³-hybridized carbons (Fsp3) is 0.571. The van der Waals surface area contributed by atoms with Crippen LogP contribution in [0.25, 0.3) is 0 Å². The number of sulfonamides is 1. The van der Waals surface area contributed by atoms with Crippen molar-refractivity contribution in [3.8, 4) is 0 Å². The van der Waals surface area contributed by atoms with E-state index in [0.717, 1.165) is 18.8 Å². The number of nitrogens with one attached hydrogen (secondary N) is 1. The second-order valence-corrected chi connectivity index (χ2v) is 7.81. The van der Waals surface area contributed by atoms with Crippen molar-refractivity contribution in [3.05, 3.63) is 23.2 Å². The van der Waals surface area contributed by atoms with Crippen LogP contribution in [0.2, 0.25) is 5.02 Å². The minimum Gasteiger partial charge on any atom is -0.399 e. The molecule has 0 aliphatic heterocycles. The smallest absolute Gasteiger partial charge is 0.242 e. The van der Waals surface area contributed by atoms with E-state index in [0.29, 0.717) is 18.2 Å². The molecule has 0 amide bonds. The van der Waals surface area contributed by atoms with Crippen molar-refractivity contribution in [2.75, 3.05) is 12.3 Å². The Kier molecular flexibility index (Phi) is 4.94.